The predicted octanol–water partition coefficient (Wildman–Crippen LogP) is 3.48. The van der Waals surface area contributed by atoms with E-state index in [0.29, 0.717) is 25.5 Å². The first-order valence-electron chi connectivity index (χ1n) is 8.15. The molecular formula is C17H24F3N3O. The van der Waals surface area contributed by atoms with E-state index < -0.39 is 17.3 Å². The minimum atomic E-state index is -4.44. The van der Waals surface area contributed by atoms with Crippen LogP contribution in [0, 0.1) is 11.3 Å². The Balaban J connectivity index is 1.99. The lowest BCUT2D eigenvalue weighted by Crippen LogP contribution is -2.43. The molecule has 1 unspecified atom stereocenters. The summed E-state index contributed by atoms with van der Waals surface area (Å²) in [7, 11) is 0. The number of aromatic nitrogens is 1. The first kappa shape index (κ1) is 18.5. The van der Waals surface area contributed by atoms with Crippen LogP contribution in [0.1, 0.15) is 39.3 Å². The molecule has 7 heteroatoms. The van der Waals surface area contributed by atoms with Gasteiger partial charge in [0.1, 0.15) is 11.5 Å². The SMILES string of the molecule is CC(C)(C)C(=O)NCC1CCCN(c2cccc(C(F)(F)F)n2)C1. The second kappa shape index (κ2) is 6.99. The number of rotatable bonds is 3. The second-order valence-corrected chi connectivity index (χ2v) is 7.29. The van der Waals surface area contributed by atoms with Gasteiger partial charge in [0.15, 0.2) is 0 Å². The zero-order valence-corrected chi connectivity index (χ0v) is 14.3. The average Bonchev–Trinajstić information content (AvgIpc) is 2.51. The van der Waals surface area contributed by atoms with Crippen molar-refractivity contribution in [2.45, 2.75) is 39.8 Å². The molecule has 2 heterocycles. The summed E-state index contributed by atoms with van der Waals surface area (Å²) in [4.78, 5) is 17.6. The Morgan fingerprint density at radius 1 is 1.33 bits per heavy atom. The van der Waals surface area contributed by atoms with Crippen molar-refractivity contribution in [3.8, 4) is 0 Å². The van der Waals surface area contributed by atoms with Crippen LogP contribution in [0.25, 0.3) is 0 Å². The van der Waals surface area contributed by atoms with E-state index in [0.717, 1.165) is 18.9 Å². The molecule has 0 bridgehead atoms. The molecule has 1 atom stereocenters. The lowest BCUT2D eigenvalue weighted by Gasteiger charge is -2.34. The molecule has 1 aliphatic rings. The molecule has 0 aliphatic carbocycles. The maximum atomic E-state index is 12.8. The Bertz CT molecular complexity index is 581. The third kappa shape index (κ3) is 4.85. The van der Waals surface area contributed by atoms with Crippen LogP contribution in [0.2, 0.25) is 0 Å². The maximum Gasteiger partial charge on any atom is 0.433 e. The van der Waals surface area contributed by atoms with Crippen LogP contribution < -0.4 is 10.2 Å². The zero-order chi connectivity index (χ0) is 18.0. The molecule has 0 radical (unpaired) electrons. The molecule has 1 aromatic heterocycles. The van der Waals surface area contributed by atoms with Crippen molar-refractivity contribution >= 4 is 11.7 Å². The van der Waals surface area contributed by atoms with Crippen LogP contribution >= 0.6 is 0 Å². The molecule has 1 aromatic rings. The van der Waals surface area contributed by atoms with Crippen LogP contribution in [-0.4, -0.2) is 30.5 Å². The molecule has 24 heavy (non-hydrogen) atoms. The van der Waals surface area contributed by atoms with Gasteiger partial charge in [-0.05, 0) is 30.9 Å². The Kier molecular flexibility index (Phi) is 5.40. The van der Waals surface area contributed by atoms with E-state index >= 15 is 0 Å². The summed E-state index contributed by atoms with van der Waals surface area (Å²) in [6, 6.07) is 3.97. The first-order chi connectivity index (χ1) is 11.1. The molecule has 2 rings (SSSR count). The quantitative estimate of drug-likeness (QED) is 0.914. The van der Waals surface area contributed by atoms with Crippen LogP contribution in [0.5, 0.6) is 0 Å². The van der Waals surface area contributed by atoms with E-state index in [9.17, 15) is 18.0 Å². The lowest BCUT2D eigenvalue weighted by molar-refractivity contribution is -0.141. The average molecular weight is 343 g/mol. The summed E-state index contributed by atoms with van der Waals surface area (Å²) in [5.41, 5.74) is -1.32. The molecule has 1 aliphatic heterocycles. The number of amides is 1. The van der Waals surface area contributed by atoms with Crippen molar-refractivity contribution in [3.63, 3.8) is 0 Å². The van der Waals surface area contributed by atoms with Gasteiger partial charge in [0, 0.05) is 25.0 Å². The van der Waals surface area contributed by atoms with Gasteiger partial charge in [-0.2, -0.15) is 13.2 Å². The van der Waals surface area contributed by atoms with Crippen molar-refractivity contribution in [2.24, 2.45) is 11.3 Å². The minimum Gasteiger partial charge on any atom is -0.356 e. The van der Waals surface area contributed by atoms with Crippen LogP contribution in [0.15, 0.2) is 18.2 Å². The Labute approximate surface area is 140 Å². The second-order valence-electron chi connectivity index (χ2n) is 7.29. The summed E-state index contributed by atoms with van der Waals surface area (Å²) >= 11 is 0. The molecule has 0 saturated carbocycles. The molecular weight excluding hydrogens is 319 g/mol. The van der Waals surface area contributed by atoms with Crippen molar-refractivity contribution in [3.05, 3.63) is 23.9 Å². The number of piperidine rings is 1. The highest BCUT2D eigenvalue weighted by molar-refractivity contribution is 5.81. The largest absolute Gasteiger partial charge is 0.433 e. The summed E-state index contributed by atoms with van der Waals surface area (Å²) in [6.07, 6.45) is -2.63. The van der Waals surface area contributed by atoms with E-state index in [1.165, 1.54) is 6.07 Å². The normalized spacial score (nSPS) is 19.2. The molecule has 0 aromatic carbocycles. The molecule has 0 spiro atoms. The summed E-state index contributed by atoms with van der Waals surface area (Å²) in [5.74, 6) is 0.537. The van der Waals surface area contributed by atoms with Gasteiger partial charge in [-0.1, -0.05) is 26.8 Å². The number of halogens is 3. The Morgan fingerprint density at radius 3 is 2.67 bits per heavy atom. The summed E-state index contributed by atoms with van der Waals surface area (Å²) in [5, 5.41) is 2.93. The molecule has 134 valence electrons. The fourth-order valence-corrected chi connectivity index (χ4v) is 2.70. The van der Waals surface area contributed by atoms with Gasteiger partial charge in [0.25, 0.3) is 0 Å². The van der Waals surface area contributed by atoms with Crippen LogP contribution in [-0.2, 0) is 11.0 Å². The number of carbonyl (C=O) groups is 1. The number of alkyl halides is 3. The van der Waals surface area contributed by atoms with Crippen molar-refractivity contribution in [1.29, 1.82) is 0 Å². The van der Waals surface area contributed by atoms with Gasteiger partial charge in [0.2, 0.25) is 5.91 Å². The van der Waals surface area contributed by atoms with Gasteiger partial charge < -0.3 is 10.2 Å². The van der Waals surface area contributed by atoms with Gasteiger partial charge in [-0.25, -0.2) is 4.98 Å². The van der Waals surface area contributed by atoms with Crippen molar-refractivity contribution in [1.82, 2.24) is 10.3 Å². The predicted molar refractivity (Wildman–Crippen MR) is 86.6 cm³/mol. The minimum absolute atomic E-state index is 0.0168. The summed E-state index contributed by atoms with van der Waals surface area (Å²) in [6.45, 7) is 7.36. The van der Waals surface area contributed by atoms with Gasteiger partial charge in [0.05, 0.1) is 0 Å². The maximum absolute atomic E-state index is 12.8. The fraction of sp³-hybridized carbons (Fsp3) is 0.647. The van der Waals surface area contributed by atoms with E-state index in [4.69, 9.17) is 0 Å². The topological polar surface area (TPSA) is 45.2 Å². The smallest absolute Gasteiger partial charge is 0.356 e. The highest BCUT2D eigenvalue weighted by atomic mass is 19.4. The van der Waals surface area contributed by atoms with Gasteiger partial charge in [-0.15, -0.1) is 0 Å². The van der Waals surface area contributed by atoms with E-state index in [2.05, 4.69) is 10.3 Å². The van der Waals surface area contributed by atoms with Gasteiger partial charge in [-0.3, -0.25) is 4.79 Å². The molecule has 1 fully saturated rings. The Morgan fingerprint density at radius 2 is 2.04 bits per heavy atom. The number of anilines is 1. The van der Waals surface area contributed by atoms with Crippen LogP contribution in [0.3, 0.4) is 0 Å². The number of nitrogens with one attached hydrogen (secondary N) is 1. The molecule has 1 saturated heterocycles. The number of pyridine rings is 1. The lowest BCUT2D eigenvalue weighted by atomic mass is 9.94. The highest BCUT2D eigenvalue weighted by Crippen LogP contribution is 2.30. The monoisotopic (exact) mass is 343 g/mol. The van der Waals surface area contributed by atoms with E-state index in [1.807, 2.05) is 25.7 Å². The molecule has 1 N–H and O–H groups in total. The van der Waals surface area contributed by atoms with Crippen molar-refractivity contribution < 1.29 is 18.0 Å². The first-order valence-corrected chi connectivity index (χ1v) is 8.15. The standard InChI is InChI=1S/C17H24F3N3O/c1-16(2,3)15(24)21-10-12-6-5-9-23(11-12)14-8-4-7-13(22-14)17(18,19)20/h4,7-8,12H,5-6,9-11H2,1-3H3,(H,21,24). The molecule has 1 amide bonds. The number of hydrogen-bond acceptors (Lipinski definition) is 3. The number of hydrogen-bond donors (Lipinski definition) is 1. The third-order valence-electron chi connectivity index (χ3n) is 4.10. The number of carbonyl (C=O) groups excluding carboxylic acids is 1. The Hall–Kier alpha value is -1.79. The van der Waals surface area contributed by atoms with Crippen molar-refractivity contribution in [2.75, 3.05) is 24.5 Å². The van der Waals surface area contributed by atoms with Gasteiger partial charge >= 0.3 is 6.18 Å². The number of nitrogens with zero attached hydrogens (tertiary/aromatic N) is 2. The fourth-order valence-electron chi connectivity index (χ4n) is 2.70. The molecule has 4 nitrogen and oxygen atoms in total. The summed E-state index contributed by atoms with van der Waals surface area (Å²) < 4.78 is 38.4. The highest BCUT2D eigenvalue weighted by Gasteiger charge is 2.33. The van der Waals surface area contributed by atoms with E-state index in [1.54, 1.807) is 6.07 Å². The van der Waals surface area contributed by atoms with E-state index in [-0.39, 0.29) is 11.8 Å². The third-order valence-corrected chi connectivity index (χ3v) is 4.10. The van der Waals surface area contributed by atoms with Crippen LogP contribution in [0.4, 0.5) is 19.0 Å². The zero-order valence-electron chi connectivity index (χ0n) is 14.3.